The first-order chi connectivity index (χ1) is 8.15. The fourth-order valence-corrected chi connectivity index (χ4v) is 1.81. The standard InChI is InChI=1S/C13H27N3O/c1-4-5-6-9-14-13(17)16(3)11-10-15(2)12-7-8-12/h12H,4-11H2,1-3H3,(H,14,17). The number of nitrogens with one attached hydrogen (secondary N) is 1. The Hall–Kier alpha value is -0.770. The molecule has 1 N–H and O–H groups in total. The number of rotatable bonds is 8. The molecule has 1 saturated carbocycles. The minimum absolute atomic E-state index is 0.0605. The molecule has 17 heavy (non-hydrogen) atoms. The first-order valence-corrected chi connectivity index (χ1v) is 6.84. The van der Waals surface area contributed by atoms with Gasteiger partial charge in [0.25, 0.3) is 0 Å². The zero-order chi connectivity index (χ0) is 12.7. The lowest BCUT2D eigenvalue weighted by molar-refractivity contribution is 0.199. The van der Waals surface area contributed by atoms with Crippen molar-refractivity contribution in [2.24, 2.45) is 0 Å². The summed E-state index contributed by atoms with van der Waals surface area (Å²) in [6.45, 7) is 4.76. The first kappa shape index (κ1) is 14.3. The van der Waals surface area contributed by atoms with Gasteiger partial charge in [-0.2, -0.15) is 0 Å². The molecule has 0 atom stereocenters. The van der Waals surface area contributed by atoms with E-state index in [1.165, 1.54) is 25.7 Å². The summed E-state index contributed by atoms with van der Waals surface area (Å²) >= 11 is 0. The second-order valence-electron chi connectivity index (χ2n) is 5.07. The third-order valence-corrected chi connectivity index (χ3v) is 3.36. The lowest BCUT2D eigenvalue weighted by atomic mass is 10.2. The van der Waals surface area contributed by atoms with Gasteiger partial charge in [0.1, 0.15) is 0 Å². The summed E-state index contributed by atoms with van der Waals surface area (Å²) in [4.78, 5) is 15.8. The Bertz CT molecular complexity index is 229. The van der Waals surface area contributed by atoms with E-state index in [9.17, 15) is 4.79 Å². The zero-order valence-corrected chi connectivity index (χ0v) is 11.5. The van der Waals surface area contributed by atoms with Crippen LogP contribution in [0.15, 0.2) is 0 Å². The van der Waals surface area contributed by atoms with Gasteiger partial charge in [0.15, 0.2) is 0 Å². The van der Waals surface area contributed by atoms with Crippen molar-refractivity contribution in [2.75, 3.05) is 33.7 Å². The van der Waals surface area contributed by atoms with Crippen LogP contribution in [0.2, 0.25) is 0 Å². The van der Waals surface area contributed by atoms with Crippen molar-refractivity contribution in [1.82, 2.24) is 15.1 Å². The number of likely N-dealkylation sites (N-methyl/N-ethyl adjacent to an activating group) is 2. The maximum Gasteiger partial charge on any atom is 0.317 e. The van der Waals surface area contributed by atoms with Gasteiger partial charge in [-0.3, -0.25) is 0 Å². The van der Waals surface area contributed by atoms with E-state index in [4.69, 9.17) is 0 Å². The van der Waals surface area contributed by atoms with E-state index in [0.717, 1.165) is 32.1 Å². The molecular formula is C13H27N3O. The first-order valence-electron chi connectivity index (χ1n) is 6.84. The molecule has 0 radical (unpaired) electrons. The Morgan fingerprint density at radius 2 is 1.94 bits per heavy atom. The summed E-state index contributed by atoms with van der Waals surface area (Å²) in [5.74, 6) is 0. The lowest BCUT2D eigenvalue weighted by Crippen LogP contribution is -2.41. The molecule has 0 aromatic rings. The Morgan fingerprint density at radius 3 is 2.53 bits per heavy atom. The summed E-state index contributed by atoms with van der Waals surface area (Å²) in [7, 11) is 4.01. The van der Waals surface area contributed by atoms with Gasteiger partial charge in [0.05, 0.1) is 0 Å². The van der Waals surface area contributed by atoms with Crippen LogP contribution in [0.3, 0.4) is 0 Å². The summed E-state index contributed by atoms with van der Waals surface area (Å²) in [5.41, 5.74) is 0. The van der Waals surface area contributed by atoms with E-state index in [1.54, 1.807) is 4.90 Å². The molecule has 4 heteroatoms. The Kier molecular flexibility index (Phi) is 6.34. The maximum atomic E-state index is 11.7. The SMILES string of the molecule is CCCCCNC(=O)N(C)CCN(C)C1CC1. The molecule has 0 heterocycles. The van der Waals surface area contributed by atoms with E-state index in [1.807, 2.05) is 7.05 Å². The summed E-state index contributed by atoms with van der Waals surface area (Å²) in [5, 5.41) is 2.95. The van der Waals surface area contributed by atoms with Gasteiger partial charge in [-0.25, -0.2) is 4.79 Å². The third-order valence-electron chi connectivity index (χ3n) is 3.36. The van der Waals surface area contributed by atoms with E-state index in [2.05, 4.69) is 24.2 Å². The summed E-state index contributed by atoms with van der Waals surface area (Å²) in [6.07, 6.45) is 6.11. The maximum absolute atomic E-state index is 11.7. The van der Waals surface area contributed by atoms with Crippen molar-refractivity contribution in [2.45, 2.75) is 45.1 Å². The number of unbranched alkanes of at least 4 members (excludes halogenated alkanes) is 2. The van der Waals surface area contributed by atoms with Gasteiger partial charge < -0.3 is 15.1 Å². The van der Waals surface area contributed by atoms with Crippen LogP contribution < -0.4 is 5.32 Å². The number of amides is 2. The number of nitrogens with zero attached hydrogens (tertiary/aromatic N) is 2. The molecule has 0 spiro atoms. The Balaban J connectivity index is 2.04. The molecule has 0 aliphatic heterocycles. The molecular weight excluding hydrogens is 214 g/mol. The monoisotopic (exact) mass is 241 g/mol. The van der Waals surface area contributed by atoms with E-state index >= 15 is 0 Å². The topological polar surface area (TPSA) is 35.6 Å². The molecule has 0 saturated heterocycles. The van der Waals surface area contributed by atoms with Crippen LogP contribution in [-0.2, 0) is 0 Å². The molecule has 0 aromatic heterocycles. The molecule has 2 amide bonds. The van der Waals surface area contributed by atoms with Crippen molar-refractivity contribution in [1.29, 1.82) is 0 Å². The average molecular weight is 241 g/mol. The van der Waals surface area contributed by atoms with Crippen molar-refractivity contribution in [3.8, 4) is 0 Å². The molecule has 100 valence electrons. The third kappa shape index (κ3) is 5.91. The average Bonchev–Trinajstić information content (AvgIpc) is 3.14. The number of hydrogen-bond acceptors (Lipinski definition) is 2. The van der Waals surface area contributed by atoms with Gasteiger partial charge >= 0.3 is 6.03 Å². The number of urea groups is 1. The van der Waals surface area contributed by atoms with Crippen LogP contribution in [0.1, 0.15) is 39.0 Å². The molecule has 1 rings (SSSR count). The van der Waals surface area contributed by atoms with E-state index in [0.29, 0.717) is 0 Å². The highest BCUT2D eigenvalue weighted by Crippen LogP contribution is 2.24. The number of hydrogen-bond donors (Lipinski definition) is 1. The van der Waals surface area contributed by atoms with Crippen LogP contribution >= 0.6 is 0 Å². The quantitative estimate of drug-likeness (QED) is 0.659. The number of carbonyl (C=O) groups is 1. The summed E-state index contributed by atoms with van der Waals surface area (Å²) in [6, 6.07) is 0.835. The van der Waals surface area contributed by atoms with Gasteiger partial charge in [0.2, 0.25) is 0 Å². The fraction of sp³-hybridized carbons (Fsp3) is 0.923. The van der Waals surface area contributed by atoms with Crippen LogP contribution in [0.4, 0.5) is 4.79 Å². The summed E-state index contributed by atoms with van der Waals surface area (Å²) < 4.78 is 0. The molecule has 0 bridgehead atoms. The second-order valence-corrected chi connectivity index (χ2v) is 5.07. The molecule has 1 fully saturated rings. The van der Waals surface area contributed by atoms with Crippen LogP contribution in [0.25, 0.3) is 0 Å². The highest BCUT2D eigenvalue weighted by molar-refractivity contribution is 5.73. The molecule has 4 nitrogen and oxygen atoms in total. The van der Waals surface area contributed by atoms with E-state index in [-0.39, 0.29) is 6.03 Å². The van der Waals surface area contributed by atoms with Gasteiger partial charge in [-0.1, -0.05) is 19.8 Å². The molecule has 0 aromatic carbocycles. The second kappa shape index (κ2) is 7.54. The van der Waals surface area contributed by atoms with Crippen molar-refractivity contribution < 1.29 is 4.79 Å². The molecule has 1 aliphatic rings. The molecule has 0 unspecified atom stereocenters. The van der Waals surface area contributed by atoms with Gasteiger partial charge in [-0.15, -0.1) is 0 Å². The zero-order valence-electron chi connectivity index (χ0n) is 11.5. The highest BCUT2D eigenvalue weighted by Gasteiger charge is 2.25. The fourth-order valence-electron chi connectivity index (χ4n) is 1.81. The number of carbonyl (C=O) groups excluding carboxylic acids is 1. The Labute approximate surface area is 105 Å². The minimum atomic E-state index is 0.0605. The van der Waals surface area contributed by atoms with E-state index < -0.39 is 0 Å². The predicted octanol–water partition coefficient (Wildman–Crippen LogP) is 1.91. The minimum Gasteiger partial charge on any atom is -0.338 e. The van der Waals surface area contributed by atoms with Crippen LogP contribution in [0.5, 0.6) is 0 Å². The van der Waals surface area contributed by atoms with Gasteiger partial charge in [0, 0.05) is 32.7 Å². The largest absolute Gasteiger partial charge is 0.338 e. The smallest absolute Gasteiger partial charge is 0.317 e. The Morgan fingerprint density at radius 1 is 1.24 bits per heavy atom. The molecule has 1 aliphatic carbocycles. The van der Waals surface area contributed by atoms with Crippen LogP contribution in [-0.4, -0.2) is 55.6 Å². The van der Waals surface area contributed by atoms with Crippen molar-refractivity contribution >= 4 is 6.03 Å². The van der Waals surface area contributed by atoms with Crippen LogP contribution in [0, 0.1) is 0 Å². The predicted molar refractivity (Wildman–Crippen MR) is 71.2 cm³/mol. The van der Waals surface area contributed by atoms with Crippen molar-refractivity contribution in [3.63, 3.8) is 0 Å². The van der Waals surface area contributed by atoms with Crippen molar-refractivity contribution in [3.05, 3.63) is 0 Å². The normalized spacial score (nSPS) is 15.1. The highest BCUT2D eigenvalue weighted by atomic mass is 16.2. The van der Waals surface area contributed by atoms with Gasteiger partial charge in [-0.05, 0) is 26.3 Å². The lowest BCUT2D eigenvalue weighted by Gasteiger charge is -2.22.